The second kappa shape index (κ2) is 8.49. The second-order valence-corrected chi connectivity index (χ2v) is 6.33. The van der Waals surface area contributed by atoms with Crippen LogP contribution in [-0.4, -0.2) is 19.7 Å². The van der Waals surface area contributed by atoms with Crippen molar-refractivity contribution in [3.05, 3.63) is 89.4 Å². The Hall–Kier alpha value is -2.86. The number of pyridine rings is 2. The van der Waals surface area contributed by atoms with Crippen molar-refractivity contribution >= 4 is 15.9 Å². The summed E-state index contributed by atoms with van der Waals surface area (Å²) in [7, 11) is 1.91. The molecule has 130 valence electrons. The van der Waals surface area contributed by atoms with Crippen LogP contribution in [0.3, 0.4) is 0 Å². The number of halogens is 2. The highest BCUT2D eigenvalue weighted by atomic mass is 79.9. The Balaban J connectivity index is 0.000000236. The maximum absolute atomic E-state index is 11.9. The fraction of sp³-hybridized carbons (Fsp3) is 0.0500. The van der Waals surface area contributed by atoms with E-state index in [2.05, 4.69) is 31.0 Å². The van der Waals surface area contributed by atoms with Gasteiger partial charge in [0, 0.05) is 23.9 Å². The van der Waals surface area contributed by atoms with Crippen molar-refractivity contribution in [1.29, 1.82) is 0 Å². The van der Waals surface area contributed by atoms with E-state index in [1.807, 2.05) is 48.1 Å². The molecule has 0 aliphatic rings. The van der Waals surface area contributed by atoms with Crippen LogP contribution in [0.25, 0.3) is 22.8 Å². The third-order valence-corrected chi connectivity index (χ3v) is 4.00. The SMILES string of the molecule is Cn1nc(-c2ccccn2)cc1-c1ccc(Br)cn1.Fc1ccccc1. The zero-order valence-electron chi connectivity index (χ0n) is 14.1. The van der Waals surface area contributed by atoms with E-state index < -0.39 is 0 Å². The van der Waals surface area contributed by atoms with Crippen LogP contribution in [0.1, 0.15) is 0 Å². The average molecular weight is 411 g/mol. The van der Waals surface area contributed by atoms with E-state index in [4.69, 9.17) is 0 Å². The van der Waals surface area contributed by atoms with E-state index in [0.29, 0.717) is 0 Å². The molecular weight excluding hydrogens is 395 g/mol. The smallest absolute Gasteiger partial charge is 0.123 e. The molecular formula is C20H16BrFN4. The molecule has 0 spiro atoms. The standard InChI is InChI=1S/C14H11BrN4.C6H5F/c1-19-14(12-6-5-10(15)9-17-12)8-13(18-19)11-4-2-3-7-16-11;7-6-4-2-1-3-5-6/h2-9H,1H3;1-5H. The lowest BCUT2D eigenvalue weighted by Crippen LogP contribution is -1.95. The van der Waals surface area contributed by atoms with Gasteiger partial charge in [0.15, 0.2) is 0 Å². The van der Waals surface area contributed by atoms with Crippen molar-refractivity contribution in [3.63, 3.8) is 0 Å². The van der Waals surface area contributed by atoms with Gasteiger partial charge in [-0.05, 0) is 58.4 Å². The Morgan fingerprint density at radius 2 is 1.62 bits per heavy atom. The molecule has 0 atom stereocenters. The maximum atomic E-state index is 11.9. The first-order valence-corrected chi connectivity index (χ1v) is 8.71. The molecule has 6 heteroatoms. The van der Waals surface area contributed by atoms with Gasteiger partial charge in [0.25, 0.3) is 0 Å². The molecule has 3 aromatic heterocycles. The normalized spacial score (nSPS) is 10.1. The van der Waals surface area contributed by atoms with Crippen LogP contribution in [0.5, 0.6) is 0 Å². The van der Waals surface area contributed by atoms with Crippen molar-refractivity contribution in [1.82, 2.24) is 19.7 Å². The van der Waals surface area contributed by atoms with Gasteiger partial charge in [-0.3, -0.25) is 14.6 Å². The van der Waals surface area contributed by atoms with Gasteiger partial charge in [0.05, 0.1) is 17.1 Å². The van der Waals surface area contributed by atoms with Crippen molar-refractivity contribution in [2.75, 3.05) is 0 Å². The highest BCUT2D eigenvalue weighted by molar-refractivity contribution is 9.10. The Morgan fingerprint density at radius 3 is 2.19 bits per heavy atom. The number of hydrogen-bond acceptors (Lipinski definition) is 3. The van der Waals surface area contributed by atoms with E-state index in [0.717, 1.165) is 27.2 Å². The largest absolute Gasteiger partial charge is 0.266 e. The van der Waals surface area contributed by atoms with Gasteiger partial charge in [-0.2, -0.15) is 5.10 Å². The predicted molar refractivity (Wildman–Crippen MR) is 104 cm³/mol. The third-order valence-electron chi connectivity index (χ3n) is 3.53. The topological polar surface area (TPSA) is 43.6 Å². The molecule has 0 bridgehead atoms. The number of nitrogens with zero attached hydrogens (tertiary/aromatic N) is 4. The van der Waals surface area contributed by atoms with Crippen LogP contribution in [0.15, 0.2) is 83.6 Å². The first kappa shape index (κ1) is 17.9. The molecule has 0 aliphatic carbocycles. The lowest BCUT2D eigenvalue weighted by atomic mass is 10.2. The van der Waals surface area contributed by atoms with Crippen molar-refractivity contribution in [3.8, 4) is 22.8 Å². The summed E-state index contributed by atoms with van der Waals surface area (Å²) in [5, 5.41) is 4.48. The van der Waals surface area contributed by atoms with E-state index in [1.165, 1.54) is 12.1 Å². The van der Waals surface area contributed by atoms with Gasteiger partial charge in [0.1, 0.15) is 11.5 Å². The van der Waals surface area contributed by atoms with Crippen LogP contribution in [0, 0.1) is 5.82 Å². The quantitative estimate of drug-likeness (QED) is 0.459. The van der Waals surface area contributed by atoms with E-state index >= 15 is 0 Å². The summed E-state index contributed by atoms with van der Waals surface area (Å²) in [6.45, 7) is 0. The van der Waals surface area contributed by atoms with Crippen molar-refractivity contribution < 1.29 is 4.39 Å². The van der Waals surface area contributed by atoms with Gasteiger partial charge < -0.3 is 0 Å². The van der Waals surface area contributed by atoms with E-state index in [1.54, 1.807) is 30.6 Å². The molecule has 0 saturated heterocycles. The fourth-order valence-corrected chi connectivity index (χ4v) is 2.52. The number of aryl methyl sites for hydroxylation is 1. The van der Waals surface area contributed by atoms with Crippen molar-refractivity contribution in [2.45, 2.75) is 0 Å². The van der Waals surface area contributed by atoms with E-state index in [-0.39, 0.29) is 5.82 Å². The summed E-state index contributed by atoms with van der Waals surface area (Å²) < 4.78 is 14.7. The molecule has 4 nitrogen and oxygen atoms in total. The summed E-state index contributed by atoms with van der Waals surface area (Å²) in [6.07, 6.45) is 3.55. The lowest BCUT2D eigenvalue weighted by molar-refractivity contribution is 0.628. The minimum atomic E-state index is -0.178. The number of benzene rings is 1. The zero-order valence-corrected chi connectivity index (χ0v) is 15.6. The number of rotatable bonds is 2. The molecule has 0 unspecified atom stereocenters. The molecule has 4 rings (SSSR count). The predicted octanol–water partition coefficient (Wildman–Crippen LogP) is 5.13. The first-order valence-electron chi connectivity index (χ1n) is 7.91. The van der Waals surface area contributed by atoms with Gasteiger partial charge >= 0.3 is 0 Å². The van der Waals surface area contributed by atoms with Gasteiger partial charge in [-0.1, -0.05) is 24.3 Å². The number of aromatic nitrogens is 4. The monoisotopic (exact) mass is 410 g/mol. The van der Waals surface area contributed by atoms with Gasteiger partial charge in [-0.25, -0.2) is 4.39 Å². The number of hydrogen-bond donors (Lipinski definition) is 0. The Labute approximate surface area is 159 Å². The summed E-state index contributed by atoms with van der Waals surface area (Å²) in [4.78, 5) is 8.70. The van der Waals surface area contributed by atoms with Gasteiger partial charge in [-0.15, -0.1) is 0 Å². The van der Waals surface area contributed by atoms with Crippen LogP contribution in [0.2, 0.25) is 0 Å². The minimum absolute atomic E-state index is 0.178. The molecule has 0 saturated carbocycles. The third kappa shape index (κ3) is 4.61. The minimum Gasteiger partial charge on any atom is -0.266 e. The zero-order chi connectivity index (χ0) is 18.4. The molecule has 26 heavy (non-hydrogen) atoms. The molecule has 1 aromatic carbocycles. The highest BCUT2D eigenvalue weighted by Crippen LogP contribution is 2.23. The van der Waals surface area contributed by atoms with Crippen LogP contribution < -0.4 is 0 Å². The van der Waals surface area contributed by atoms with Crippen LogP contribution >= 0.6 is 15.9 Å². The highest BCUT2D eigenvalue weighted by Gasteiger charge is 2.10. The van der Waals surface area contributed by atoms with Gasteiger partial charge in [0.2, 0.25) is 0 Å². The average Bonchev–Trinajstić information content (AvgIpc) is 3.06. The Morgan fingerprint density at radius 1 is 0.846 bits per heavy atom. The summed E-state index contributed by atoms with van der Waals surface area (Å²) in [6, 6.07) is 19.7. The molecule has 0 amide bonds. The Bertz CT molecular complexity index is 954. The maximum Gasteiger partial charge on any atom is 0.123 e. The molecule has 3 heterocycles. The van der Waals surface area contributed by atoms with Crippen molar-refractivity contribution in [2.24, 2.45) is 7.05 Å². The molecule has 0 radical (unpaired) electrons. The fourth-order valence-electron chi connectivity index (χ4n) is 2.29. The molecule has 4 aromatic rings. The first-order chi connectivity index (χ1) is 12.6. The Kier molecular flexibility index (Phi) is 5.86. The summed E-state index contributed by atoms with van der Waals surface area (Å²) in [5.41, 5.74) is 3.57. The van der Waals surface area contributed by atoms with E-state index in [9.17, 15) is 4.39 Å². The van der Waals surface area contributed by atoms with Crippen LogP contribution in [-0.2, 0) is 7.05 Å². The second-order valence-electron chi connectivity index (χ2n) is 5.41. The molecule has 0 fully saturated rings. The summed E-state index contributed by atoms with van der Waals surface area (Å²) >= 11 is 3.38. The summed E-state index contributed by atoms with van der Waals surface area (Å²) in [5.74, 6) is -0.178. The molecule has 0 aliphatic heterocycles. The lowest BCUT2D eigenvalue weighted by Gasteiger charge is -1.99. The molecule has 0 N–H and O–H groups in total. The van der Waals surface area contributed by atoms with Crippen LogP contribution in [0.4, 0.5) is 4.39 Å².